The Hall–Kier alpha value is -1.27. The molecule has 0 spiro atoms. The lowest BCUT2D eigenvalue weighted by Gasteiger charge is -2.20. The third-order valence-electron chi connectivity index (χ3n) is 2.72. The molecule has 17 heavy (non-hydrogen) atoms. The van der Waals surface area contributed by atoms with Crippen molar-refractivity contribution >= 4 is 11.9 Å². The van der Waals surface area contributed by atoms with Crippen molar-refractivity contribution in [1.29, 1.82) is 0 Å². The molecule has 0 atom stereocenters. The molecule has 7 heteroatoms. The standard InChI is InChI=1S/C10H14F3NO3/c11-10(12,13)9(5-6-9)14-7(15)3-1-2-4-8(16)17/h1-6H2,(H,14,15)(H,16,17). The maximum atomic E-state index is 12.5. The number of hydrogen-bond acceptors (Lipinski definition) is 2. The van der Waals surface area contributed by atoms with Gasteiger partial charge in [0.1, 0.15) is 5.54 Å². The van der Waals surface area contributed by atoms with Gasteiger partial charge in [-0.15, -0.1) is 0 Å². The topological polar surface area (TPSA) is 66.4 Å². The fourth-order valence-electron chi connectivity index (χ4n) is 1.50. The molecule has 1 amide bonds. The minimum absolute atomic E-state index is 0.0644. The van der Waals surface area contributed by atoms with Crippen LogP contribution in [0.25, 0.3) is 0 Å². The SMILES string of the molecule is O=C(O)CCCCC(=O)NC1(C(F)(F)F)CC1. The van der Waals surface area contributed by atoms with Gasteiger partial charge in [0.15, 0.2) is 0 Å². The predicted octanol–water partition coefficient (Wildman–Crippen LogP) is 1.84. The molecule has 1 rings (SSSR count). The normalized spacial score (nSPS) is 17.6. The van der Waals surface area contributed by atoms with Crippen molar-refractivity contribution in [3.05, 3.63) is 0 Å². The first kappa shape index (κ1) is 13.8. The van der Waals surface area contributed by atoms with E-state index < -0.39 is 23.6 Å². The van der Waals surface area contributed by atoms with E-state index in [0.717, 1.165) is 0 Å². The molecule has 0 bridgehead atoms. The molecule has 4 nitrogen and oxygen atoms in total. The number of nitrogens with one attached hydrogen (secondary N) is 1. The number of aliphatic carboxylic acids is 1. The molecule has 0 unspecified atom stereocenters. The molecule has 0 saturated heterocycles. The first-order chi connectivity index (χ1) is 7.77. The molecule has 1 aliphatic rings. The van der Waals surface area contributed by atoms with Crippen molar-refractivity contribution in [3.63, 3.8) is 0 Å². The van der Waals surface area contributed by atoms with Crippen LogP contribution in [0.3, 0.4) is 0 Å². The summed E-state index contributed by atoms with van der Waals surface area (Å²) in [5.41, 5.74) is -2.02. The summed E-state index contributed by atoms with van der Waals surface area (Å²) in [5.74, 6) is -1.63. The number of carboxylic acid groups (broad SMARTS) is 1. The molecule has 1 aliphatic carbocycles. The molecule has 0 aromatic heterocycles. The summed E-state index contributed by atoms with van der Waals surface area (Å²) in [5, 5.41) is 10.3. The predicted molar refractivity (Wildman–Crippen MR) is 52.3 cm³/mol. The van der Waals surface area contributed by atoms with E-state index >= 15 is 0 Å². The second kappa shape index (κ2) is 4.93. The van der Waals surface area contributed by atoms with Crippen molar-refractivity contribution in [2.24, 2.45) is 0 Å². The van der Waals surface area contributed by atoms with Gasteiger partial charge in [0.05, 0.1) is 0 Å². The van der Waals surface area contributed by atoms with Gasteiger partial charge in [0, 0.05) is 12.8 Å². The molecule has 0 aromatic rings. The van der Waals surface area contributed by atoms with Gasteiger partial charge in [-0.25, -0.2) is 0 Å². The smallest absolute Gasteiger partial charge is 0.411 e. The van der Waals surface area contributed by atoms with E-state index in [0.29, 0.717) is 6.42 Å². The number of unbranched alkanes of at least 4 members (excludes halogenated alkanes) is 1. The van der Waals surface area contributed by atoms with Gasteiger partial charge in [-0.05, 0) is 25.7 Å². The van der Waals surface area contributed by atoms with Crippen LogP contribution in [0, 0.1) is 0 Å². The van der Waals surface area contributed by atoms with Crippen LogP contribution in [0.5, 0.6) is 0 Å². The Morgan fingerprint density at radius 1 is 1.18 bits per heavy atom. The lowest BCUT2D eigenvalue weighted by Crippen LogP contribution is -2.47. The molecule has 1 saturated carbocycles. The molecule has 2 N–H and O–H groups in total. The molecule has 0 aromatic carbocycles. The first-order valence-corrected chi connectivity index (χ1v) is 5.36. The Labute approximate surface area is 96.2 Å². The number of halogens is 3. The zero-order valence-corrected chi connectivity index (χ0v) is 9.14. The average molecular weight is 253 g/mol. The third kappa shape index (κ3) is 3.90. The van der Waals surface area contributed by atoms with E-state index in [1.54, 1.807) is 0 Å². The fraction of sp³-hybridized carbons (Fsp3) is 0.800. The number of carboxylic acids is 1. The van der Waals surface area contributed by atoms with Crippen molar-refractivity contribution in [1.82, 2.24) is 5.32 Å². The summed E-state index contributed by atoms with van der Waals surface area (Å²) in [7, 11) is 0. The van der Waals surface area contributed by atoms with E-state index in [9.17, 15) is 22.8 Å². The van der Waals surface area contributed by atoms with Crippen molar-refractivity contribution in [2.75, 3.05) is 0 Å². The summed E-state index contributed by atoms with van der Waals surface area (Å²) in [6.45, 7) is 0. The second-order valence-electron chi connectivity index (χ2n) is 4.23. The quantitative estimate of drug-likeness (QED) is 0.710. The monoisotopic (exact) mass is 253 g/mol. The molecule has 0 heterocycles. The van der Waals surface area contributed by atoms with Gasteiger partial charge >= 0.3 is 12.1 Å². The Morgan fingerprint density at radius 3 is 2.12 bits per heavy atom. The highest BCUT2D eigenvalue weighted by Crippen LogP contribution is 2.48. The minimum atomic E-state index is -4.40. The lowest BCUT2D eigenvalue weighted by atomic mass is 10.1. The van der Waals surface area contributed by atoms with Gasteiger partial charge in [-0.3, -0.25) is 9.59 Å². The van der Waals surface area contributed by atoms with E-state index in [1.165, 1.54) is 0 Å². The van der Waals surface area contributed by atoms with Crippen molar-refractivity contribution in [2.45, 2.75) is 50.2 Å². The Morgan fingerprint density at radius 2 is 1.71 bits per heavy atom. The van der Waals surface area contributed by atoms with E-state index in [1.807, 2.05) is 5.32 Å². The van der Waals surface area contributed by atoms with Gasteiger partial charge in [0.25, 0.3) is 0 Å². The molecule has 0 aliphatic heterocycles. The Bertz CT molecular complexity index is 310. The van der Waals surface area contributed by atoms with Crippen LogP contribution in [0.1, 0.15) is 38.5 Å². The number of rotatable bonds is 6. The lowest BCUT2D eigenvalue weighted by molar-refractivity contribution is -0.170. The molecule has 98 valence electrons. The van der Waals surface area contributed by atoms with Crippen LogP contribution in [-0.4, -0.2) is 28.7 Å². The van der Waals surface area contributed by atoms with Crippen LogP contribution in [-0.2, 0) is 9.59 Å². The van der Waals surface area contributed by atoms with Crippen molar-refractivity contribution < 1.29 is 27.9 Å². The number of carbonyl (C=O) groups is 2. The minimum Gasteiger partial charge on any atom is -0.481 e. The molecular formula is C10H14F3NO3. The van der Waals surface area contributed by atoms with Gasteiger partial charge in [-0.1, -0.05) is 0 Å². The summed E-state index contributed by atoms with van der Waals surface area (Å²) >= 11 is 0. The van der Waals surface area contributed by atoms with Gasteiger partial charge in [-0.2, -0.15) is 13.2 Å². The van der Waals surface area contributed by atoms with Crippen molar-refractivity contribution in [3.8, 4) is 0 Å². The van der Waals surface area contributed by atoms with E-state index in [-0.39, 0.29) is 32.1 Å². The van der Waals surface area contributed by atoms with Gasteiger partial charge < -0.3 is 10.4 Å². The van der Waals surface area contributed by atoms with Crippen LogP contribution < -0.4 is 5.32 Å². The summed E-state index contributed by atoms with van der Waals surface area (Å²) < 4.78 is 37.4. The van der Waals surface area contributed by atoms with Crippen LogP contribution in [0.4, 0.5) is 13.2 Å². The largest absolute Gasteiger partial charge is 0.481 e. The molecular weight excluding hydrogens is 239 g/mol. The maximum absolute atomic E-state index is 12.5. The number of amides is 1. The zero-order chi connectivity index (χ0) is 13.1. The molecule has 1 fully saturated rings. The van der Waals surface area contributed by atoms with Crippen LogP contribution in [0.15, 0.2) is 0 Å². The summed E-state index contributed by atoms with van der Waals surface area (Å²) in [6.07, 6.45) is -4.10. The first-order valence-electron chi connectivity index (χ1n) is 5.36. The highest BCUT2D eigenvalue weighted by molar-refractivity contribution is 5.77. The number of hydrogen-bond donors (Lipinski definition) is 2. The molecule has 0 radical (unpaired) electrons. The second-order valence-corrected chi connectivity index (χ2v) is 4.23. The van der Waals surface area contributed by atoms with Crippen LogP contribution >= 0.6 is 0 Å². The Kier molecular flexibility index (Phi) is 4.00. The zero-order valence-electron chi connectivity index (χ0n) is 9.14. The van der Waals surface area contributed by atoms with E-state index in [2.05, 4.69) is 0 Å². The summed E-state index contributed by atoms with van der Waals surface area (Å²) in [6, 6.07) is 0. The Balaban J connectivity index is 2.24. The number of carbonyl (C=O) groups excluding carboxylic acids is 1. The highest BCUT2D eigenvalue weighted by atomic mass is 19.4. The third-order valence-corrected chi connectivity index (χ3v) is 2.72. The van der Waals surface area contributed by atoms with E-state index in [4.69, 9.17) is 5.11 Å². The fourth-order valence-corrected chi connectivity index (χ4v) is 1.50. The summed E-state index contributed by atoms with van der Waals surface area (Å²) in [4.78, 5) is 21.4. The average Bonchev–Trinajstić information content (AvgIpc) is 2.92. The van der Waals surface area contributed by atoms with Crippen LogP contribution in [0.2, 0.25) is 0 Å². The maximum Gasteiger partial charge on any atom is 0.411 e. The van der Waals surface area contributed by atoms with Gasteiger partial charge in [0.2, 0.25) is 5.91 Å². The highest BCUT2D eigenvalue weighted by Gasteiger charge is 2.64. The number of alkyl halides is 3.